The number of hydrogen-bond acceptors (Lipinski definition) is 5. The van der Waals surface area contributed by atoms with E-state index in [0.717, 1.165) is 6.07 Å². The summed E-state index contributed by atoms with van der Waals surface area (Å²) in [5, 5.41) is 31.8. The lowest BCUT2D eigenvalue weighted by atomic mass is 10.1. The minimum Gasteiger partial charge on any atom is -0.868 e. The van der Waals surface area contributed by atoms with E-state index >= 15 is 0 Å². The highest BCUT2D eigenvalue weighted by Crippen LogP contribution is 2.31. The molecule has 0 bridgehead atoms. The third-order valence-corrected chi connectivity index (χ3v) is 1.65. The van der Waals surface area contributed by atoms with Crippen LogP contribution in [0.4, 0.5) is 11.4 Å². The third-order valence-electron chi connectivity index (χ3n) is 1.65. The number of hydrogen-bond donors (Lipinski definition) is 1. The van der Waals surface area contributed by atoms with Crippen molar-refractivity contribution in [2.24, 2.45) is 0 Å². The molecule has 1 aromatic carbocycles. The van der Waals surface area contributed by atoms with Crippen molar-refractivity contribution in [3.05, 3.63) is 37.9 Å². The molecule has 0 spiro atoms. The van der Waals surface area contributed by atoms with Crippen LogP contribution in [-0.2, 0) is 0 Å². The first kappa shape index (κ1) is 12.8. The van der Waals surface area contributed by atoms with E-state index in [1.807, 2.05) is 0 Å². The van der Waals surface area contributed by atoms with Crippen molar-refractivity contribution < 1.29 is 15.0 Å². The molecule has 4 N–H and O–H groups in total. The second-order valence-corrected chi connectivity index (χ2v) is 2.63. The molecule has 0 fully saturated rings. The highest BCUT2D eigenvalue weighted by molar-refractivity contribution is 5.56. The molecule has 0 aliphatic rings. The van der Waals surface area contributed by atoms with Crippen molar-refractivity contribution in [3.63, 3.8) is 0 Å². The van der Waals surface area contributed by atoms with Crippen molar-refractivity contribution in [2.45, 2.75) is 6.92 Å². The van der Waals surface area contributed by atoms with Crippen LogP contribution in [0.3, 0.4) is 0 Å². The summed E-state index contributed by atoms with van der Waals surface area (Å²) >= 11 is 0. The Labute approximate surface area is 84.0 Å². The molecular weight excluding hydrogens is 206 g/mol. The Hall–Kier alpha value is -2.22. The van der Waals surface area contributed by atoms with Gasteiger partial charge < -0.3 is 11.3 Å². The van der Waals surface area contributed by atoms with Crippen molar-refractivity contribution in [3.8, 4) is 5.75 Å². The zero-order chi connectivity index (χ0) is 10.9. The zero-order valence-electron chi connectivity index (χ0n) is 8.09. The van der Waals surface area contributed by atoms with Crippen LogP contribution >= 0.6 is 0 Å². The lowest BCUT2D eigenvalue weighted by molar-refractivity contribution is -0.403. The van der Waals surface area contributed by atoms with E-state index in [-0.39, 0.29) is 11.7 Å². The molecule has 1 rings (SSSR count). The van der Waals surface area contributed by atoms with Gasteiger partial charge in [-0.15, -0.1) is 0 Å². The molecule has 0 aliphatic heterocycles. The van der Waals surface area contributed by atoms with E-state index < -0.39 is 27.0 Å². The normalized spacial score (nSPS) is 9.13. The van der Waals surface area contributed by atoms with E-state index in [4.69, 9.17) is 0 Å². The number of aryl methyl sites for hydroxylation is 1. The largest absolute Gasteiger partial charge is 0.868 e. The molecule has 0 aromatic heterocycles. The average molecular weight is 215 g/mol. The monoisotopic (exact) mass is 215 g/mol. The van der Waals surface area contributed by atoms with Gasteiger partial charge in [-0.25, -0.2) is 0 Å². The summed E-state index contributed by atoms with van der Waals surface area (Å²) in [7, 11) is 0. The Balaban J connectivity index is 0.00000196. The predicted molar refractivity (Wildman–Crippen MR) is 49.9 cm³/mol. The van der Waals surface area contributed by atoms with Crippen molar-refractivity contribution in [2.75, 3.05) is 0 Å². The summed E-state index contributed by atoms with van der Waals surface area (Å²) < 4.78 is 0. The van der Waals surface area contributed by atoms with E-state index in [0.29, 0.717) is 6.07 Å². The molecule has 0 amide bonds. The Morgan fingerprint density at radius 2 is 1.67 bits per heavy atom. The number of rotatable bonds is 2. The number of nitrogens with zero attached hydrogens (tertiary/aromatic N) is 2. The summed E-state index contributed by atoms with van der Waals surface area (Å²) in [4.78, 5) is 18.9. The van der Waals surface area contributed by atoms with Gasteiger partial charge in [-0.1, -0.05) is 0 Å². The number of benzene rings is 1. The molecule has 8 heteroatoms. The second kappa shape index (κ2) is 4.33. The average Bonchev–Trinajstić information content (AvgIpc) is 2.08. The van der Waals surface area contributed by atoms with Gasteiger partial charge in [-0.3, -0.25) is 20.2 Å². The van der Waals surface area contributed by atoms with E-state index in [9.17, 15) is 25.3 Å². The number of quaternary nitrogens is 1. The van der Waals surface area contributed by atoms with Gasteiger partial charge in [0.25, 0.3) is 11.4 Å². The number of nitro benzene ring substituents is 2. The van der Waals surface area contributed by atoms with Gasteiger partial charge in [0.1, 0.15) is 0 Å². The second-order valence-electron chi connectivity index (χ2n) is 2.63. The van der Waals surface area contributed by atoms with Crippen molar-refractivity contribution in [1.29, 1.82) is 0 Å². The molecule has 0 radical (unpaired) electrons. The maximum atomic E-state index is 11.1. The van der Waals surface area contributed by atoms with Gasteiger partial charge in [0.15, 0.2) is 0 Å². The fourth-order valence-electron chi connectivity index (χ4n) is 0.978. The van der Waals surface area contributed by atoms with Gasteiger partial charge in [-0.2, -0.15) is 0 Å². The van der Waals surface area contributed by atoms with Crippen LogP contribution in [0.25, 0.3) is 0 Å². The molecule has 15 heavy (non-hydrogen) atoms. The van der Waals surface area contributed by atoms with E-state index in [2.05, 4.69) is 0 Å². The SMILES string of the molecule is Cc1cc([N+](=O)[O-])cc([N+](=O)[O-])c1[O-].[NH4+]. The molecule has 82 valence electrons. The summed E-state index contributed by atoms with van der Waals surface area (Å²) in [6, 6.07) is 1.67. The molecule has 8 nitrogen and oxygen atoms in total. The molecular formula is C7H9N3O5. The summed E-state index contributed by atoms with van der Waals surface area (Å²) in [5.41, 5.74) is -1.23. The first-order valence-corrected chi connectivity index (χ1v) is 3.54. The van der Waals surface area contributed by atoms with Crippen LogP contribution < -0.4 is 11.3 Å². The van der Waals surface area contributed by atoms with Crippen LogP contribution in [0.15, 0.2) is 12.1 Å². The summed E-state index contributed by atoms with van der Waals surface area (Å²) in [5.74, 6) is -0.791. The lowest BCUT2D eigenvalue weighted by Crippen LogP contribution is -2.01. The fraction of sp³-hybridized carbons (Fsp3) is 0.143. The molecule has 1 aromatic rings. The van der Waals surface area contributed by atoms with E-state index in [1.165, 1.54) is 6.92 Å². The number of non-ortho nitro benzene ring substituents is 1. The fourth-order valence-corrected chi connectivity index (χ4v) is 0.978. The molecule has 0 atom stereocenters. The minimum absolute atomic E-state index is 0. The predicted octanol–water partition coefficient (Wildman–Crippen LogP) is 1.26. The van der Waals surface area contributed by atoms with Crippen LogP contribution in [0, 0.1) is 27.2 Å². The van der Waals surface area contributed by atoms with Gasteiger partial charge >= 0.3 is 0 Å². The topological polar surface area (TPSA) is 146 Å². The quantitative estimate of drug-likeness (QED) is 0.582. The number of nitro groups is 2. The van der Waals surface area contributed by atoms with Crippen molar-refractivity contribution in [1.82, 2.24) is 6.15 Å². The maximum absolute atomic E-state index is 11.1. The Morgan fingerprint density at radius 1 is 1.13 bits per heavy atom. The molecule has 0 unspecified atom stereocenters. The van der Waals surface area contributed by atoms with Gasteiger partial charge in [-0.05, 0) is 18.2 Å². The molecule has 0 saturated heterocycles. The molecule has 0 aliphatic carbocycles. The standard InChI is InChI=1S/C7H6N2O5.H3N/c1-4-2-5(8(11)12)3-6(7(4)10)9(13)14;/h2-3,10H,1H3;1H3. The van der Waals surface area contributed by atoms with Crippen LogP contribution in [0.2, 0.25) is 0 Å². The van der Waals surface area contributed by atoms with Gasteiger partial charge in [0.05, 0.1) is 15.9 Å². The van der Waals surface area contributed by atoms with Crippen LogP contribution in [-0.4, -0.2) is 9.85 Å². The molecule has 0 heterocycles. The third kappa shape index (κ3) is 2.38. The van der Waals surface area contributed by atoms with Crippen LogP contribution in [0.1, 0.15) is 5.56 Å². The van der Waals surface area contributed by atoms with Gasteiger partial charge in [0.2, 0.25) is 0 Å². The first-order chi connectivity index (χ1) is 6.43. The van der Waals surface area contributed by atoms with Crippen LogP contribution in [0.5, 0.6) is 5.75 Å². The maximum Gasteiger partial charge on any atom is 0.276 e. The molecule has 0 saturated carbocycles. The Kier molecular flexibility index (Phi) is 3.69. The zero-order valence-corrected chi connectivity index (χ0v) is 8.09. The lowest BCUT2D eigenvalue weighted by Gasteiger charge is -2.09. The smallest absolute Gasteiger partial charge is 0.276 e. The Morgan fingerprint density at radius 3 is 2.07 bits per heavy atom. The summed E-state index contributed by atoms with van der Waals surface area (Å²) in [6.45, 7) is 1.29. The first-order valence-electron chi connectivity index (χ1n) is 3.54. The van der Waals surface area contributed by atoms with Gasteiger partial charge in [0, 0.05) is 6.07 Å². The highest BCUT2D eigenvalue weighted by atomic mass is 16.6. The highest BCUT2D eigenvalue weighted by Gasteiger charge is 2.16. The van der Waals surface area contributed by atoms with Crippen molar-refractivity contribution >= 4 is 11.4 Å². The van der Waals surface area contributed by atoms with E-state index in [1.54, 1.807) is 0 Å². The summed E-state index contributed by atoms with van der Waals surface area (Å²) in [6.07, 6.45) is 0. The Bertz CT molecular complexity index is 417. The minimum atomic E-state index is -0.928.